The molecule has 1 aromatic carbocycles. The van der Waals surface area contributed by atoms with E-state index in [1.165, 1.54) is 12.1 Å². The van der Waals surface area contributed by atoms with Gasteiger partial charge in [-0.1, -0.05) is 5.21 Å². The summed E-state index contributed by atoms with van der Waals surface area (Å²) in [5.74, 6) is -0.306. The molecule has 1 saturated carbocycles. The monoisotopic (exact) mass is 522 g/mol. The van der Waals surface area contributed by atoms with Crippen LogP contribution in [0.15, 0.2) is 36.8 Å². The molecule has 1 fully saturated rings. The van der Waals surface area contributed by atoms with Crippen molar-refractivity contribution in [3.8, 4) is 22.8 Å². The molecule has 0 radical (unpaired) electrons. The number of methoxy groups -OCH3 is 2. The van der Waals surface area contributed by atoms with Gasteiger partial charge in [0.15, 0.2) is 0 Å². The first kappa shape index (κ1) is 25.6. The number of rotatable bonds is 12. The molecule has 3 aromatic heterocycles. The Balaban J connectivity index is 1.40. The van der Waals surface area contributed by atoms with E-state index in [4.69, 9.17) is 9.47 Å². The van der Waals surface area contributed by atoms with E-state index in [0.29, 0.717) is 41.5 Å². The maximum Gasteiger partial charge on any atom is 0.254 e. The number of amides is 1. The van der Waals surface area contributed by atoms with Gasteiger partial charge in [-0.2, -0.15) is 0 Å². The lowest BCUT2D eigenvalue weighted by Crippen LogP contribution is -2.26. The van der Waals surface area contributed by atoms with E-state index >= 15 is 0 Å². The molecule has 5 rings (SSSR count). The molecule has 200 valence electrons. The third-order valence-electron chi connectivity index (χ3n) is 6.37. The summed E-state index contributed by atoms with van der Waals surface area (Å²) in [6.45, 7) is 4.64. The zero-order valence-electron chi connectivity index (χ0n) is 21.6. The minimum Gasteiger partial charge on any atom is -0.494 e. The number of pyridine rings is 1. The van der Waals surface area contributed by atoms with Crippen LogP contribution in [0.3, 0.4) is 0 Å². The Morgan fingerprint density at radius 1 is 1.16 bits per heavy atom. The standard InChI is InChI=1S/C26H31FN8O3/c1-16-10-19(27)18(26(36)31-17-4-5-17)11-22(16)35-15-20(32-33-35)23-13-30-25-12-24(38-3)21(14-34(23)25)29-7-6-28-8-9-37-2/h10-15,17,28-29H,4-9H2,1-3H3,(H,31,36). The highest BCUT2D eigenvalue weighted by Gasteiger charge is 2.26. The van der Waals surface area contributed by atoms with Crippen molar-refractivity contribution in [1.29, 1.82) is 0 Å². The number of carbonyl (C=O) groups excluding carboxylic acids is 1. The van der Waals surface area contributed by atoms with E-state index in [1.54, 1.807) is 38.2 Å². The van der Waals surface area contributed by atoms with Gasteiger partial charge in [0, 0.05) is 45.0 Å². The topological polar surface area (TPSA) is 120 Å². The molecule has 0 unspecified atom stereocenters. The Hall–Kier alpha value is -4.03. The molecule has 0 aliphatic heterocycles. The van der Waals surface area contributed by atoms with E-state index in [-0.39, 0.29) is 11.6 Å². The maximum absolute atomic E-state index is 14.6. The highest BCUT2D eigenvalue weighted by molar-refractivity contribution is 5.95. The van der Waals surface area contributed by atoms with Crippen LogP contribution in [-0.2, 0) is 4.74 Å². The molecule has 3 N–H and O–H groups in total. The molecule has 12 heteroatoms. The number of carbonyl (C=O) groups is 1. The number of fused-ring (bicyclic) bond motifs is 1. The molecule has 1 aliphatic rings. The predicted octanol–water partition coefficient (Wildman–Crippen LogP) is 2.58. The fourth-order valence-corrected chi connectivity index (χ4v) is 4.15. The van der Waals surface area contributed by atoms with Crippen LogP contribution in [0.1, 0.15) is 28.8 Å². The Morgan fingerprint density at radius 2 is 2.00 bits per heavy atom. The molecule has 0 atom stereocenters. The van der Waals surface area contributed by atoms with Crippen LogP contribution in [-0.4, -0.2) is 76.8 Å². The number of nitrogens with zero attached hydrogens (tertiary/aromatic N) is 5. The fourth-order valence-electron chi connectivity index (χ4n) is 4.15. The van der Waals surface area contributed by atoms with Crippen molar-refractivity contribution in [2.24, 2.45) is 0 Å². The molecule has 4 aromatic rings. The SMILES string of the molecule is COCCNCCNc1cn2c(-c3cn(-c4cc(C(=O)NC5CC5)c(F)cc4C)nn3)cnc2cc1OC. The van der Waals surface area contributed by atoms with Crippen LogP contribution in [0.5, 0.6) is 5.75 Å². The number of nitrogens with one attached hydrogen (secondary N) is 3. The van der Waals surface area contributed by atoms with Crippen LogP contribution < -0.4 is 20.7 Å². The minimum atomic E-state index is -0.561. The zero-order valence-corrected chi connectivity index (χ0v) is 21.6. The van der Waals surface area contributed by atoms with Gasteiger partial charge in [-0.3, -0.25) is 9.20 Å². The molecule has 0 saturated heterocycles. The molecule has 1 aliphatic carbocycles. The summed E-state index contributed by atoms with van der Waals surface area (Å²) >= 11 is 0. The summed E-state index contributed by atoms with van der Waals surface area (Å²) < 4.78 is 28.7. The second-order valence-electron chi connectivity index (χ2n) is 9.21. The molecule has 0 spiro atoms. The summed E-state index contributed by atoms with van der Waals surface area (Å²) in [4.78, 5) is 17.0. The van der Waals surface area contributed by atoms with Crippen molar-refractivity contribution in [3.05, 3.63) is 53.7 Å². The van der Waals surface area contributed by atoms with Crippen LogP contribution >= 0.6 is 0 Å². The number of ether oxygens (including phenoxy) is 2. The van der Waals surface area contributed by atoms with Gasteiger partial charge >= 0.3 is 0 Å². The Labute approximate surface area is 219 Å². The number of benzene rings is 1. The highest BCUT2D eigenvalue weighted by Crippen LogP contribution is 2.29. The number of halogens is 1. The summed E-state index contributed by atoms with van der Waals surface area (Å²) in [6, 6.07) is 4.85. The lowest BCUT2D eigenvalue weighted by atomic mass is 10.1. The van der Waals surface area contributed by atoms with Crippen molar-refractivity contribution < 1.29 is 18.7 Å². The van der Waals surface area contributed by atoms with Gasteiger partial charge in [-0.15, -0.1) is 5.10 Å². The number of hydrogen-bond donors (Lipinski definition) is 3. The lowest BCUT2D eigenvalue weighted by molar-refractivity contribution is 0.0947. The minimum absolute atomic E-state index is 0.0103. The second kappa shape index (κ2) is 11.2. The average Bonchev–Trinajstić information content (AvgIpc) is 3.42. The predicted molar refractivity (Wildman–Crippen MR) is 141 cm³/mol. The first-order valence-corrected chi connectivity index (χ1v) is 12.5. The van der Waals surface area contributed by atoms with Crippen LogP contribution in [0.2, 0.25) is 0 Å². The third-order valence-corrected chi connectivity index (χ3v) is 6.37. The fraction of sp³-hybridized carbons (Fsp3) is 0.385. The molecule has 11 nitrogen and oxygen atoms in total. The van der Waals surface area contributed by atoms with Gasteiger partial charge < -0.3 is 25.4 Å². The van der Waals surface area contributed by atoms with Crippen molar-refractivity contribution in [2.75, 3.05) is 45.8 Å². The Kier molecular flexibility index (Phi) is 7.52. The second-order valence-corrected chi connectivity index (χ2v) is 9.21. The zero-order chi connectivity index (χ0) is 26.6. The van der Waals surface area contributed by atoms with Crippen LogP contribution in [0.4, 0.5) is 10.1 Å². The van der Waals surface area contributed by atoms with E-state index in [2.05, 4.69) is 31.2 Å². The smallest absolute Gasteiger partial charge is 0.254 e. The molecule has 1 amide bonds. The molecule has 0 bridgehead atoms. The van der Waals surface area contributed by atoms with Crippen molar-refractivity contribution in [3.63, 3.8) is 0 Å². The van der Waals surface area contributed by atoms with E-state index in [9.17, 15) is 9.18 Å². The van der Waals surface area contributed by atoms with Crippen LogP contribution in [0.25, 0.3) is 22.7 Å². The maximum atomic E-state index is 14.6. The van der Waals surface area contributed by atoms with E-state index in [0.717, 1.165) is 37.3 Å². The number of aromatic nitrogens is 5. The van der Waals surface area contributed by atoms with Gasteiger partial charge in [0.25, 0.3) is 5.91 Å². The van der Waals surface area contributed by atoms with Crippen molar-refractivity contribution >= 4 is 17.2 Å². The largest absolute Gasteiger partial charge is 0.494 e. The van der Waals surface area contributed by atoms with Gasteiger partial charge in [-0.25, -0.2) is 14.1 Å². The number of anilines is 1. The first-order valence-electron chi connectivity index (χ1n) is 12.5. The summed E-state index contributed by atoms with van der Waals surface area (Å²) in [5.41, 5.74) is 3.99. The highest BCUT2D eigenvalue weighted by atomic mass is 19.1. The van der Waals surface area contributed by atoms with Gasteiger partial charge in [0.05, 0.1) is 48.7 Å². The summed E-state index contributed by atoms with van der Waals surface area (Å²) in [6.07, 6.45) is 7.21. The Morgan fingerprint density at radius 3 is 2.76 bits per heavy atom. The van der Waals surface area contributed by atoms with E-state index < -0.39 is 11.7 Å². The molecular weight excluding hydrogens is 491 g/mol. The molecular formula is C26H31FN8O3. The van der Waals surface area contributed by atoms with Crippen molar-refractivity contribution in [2.45, 2.75) is 25.8 Å². The Bertz CT molecular complexity index is 1450. The van der Waals surface area contributed by atoms with Gasteiger partial charge in [-0.05, 0) is 37.5 Å². The van der Waals surface area contributed by atoms with Gasteiger partial charge in [0.2, 0.25) is 0 Å². The first-order chi connectivity index (χ1) is 18.5. The quantitative estimate of drug-likeness (QED) is 0.243. The number of imidazole rings is 1. The number of hydrogen-bond acceptors (Lipinski definition) is 8. The van der Waals surface area contributed by atoms with E-state index in [1.807, 2.05) is 16.7 Å². The summed E-state index contributed by atoms with van der Waals surface area (Å²) in [5, 5.41) is 18.1. The van der Waals surface area contributed by atoms with Gasteiger partial charge in [0.1, 0.15) is 22.9 Å². The van der Waals surface area contributed by atoms with Crippen LogP contribution in [0, 0.1) is 12.7 Å². The third kappa shape index (κ3) is 5.46. The molecule has 3 heterocycles. The van der Waals surface area contributed by atoms with Crippen molar-refractivity contribution in [1.82, 2.24) is 35.0 Å². The average molecular weight is 523 g/mol. The molecule has 38 heavy (non-hydrogen) atoms. The normalized spacial score (nSPS) is 13.2. The number of aryl methyl sites for hydroxylation is 1. The lowest BCUT2D eigenvalue weighted by Gasteiger charge is -2.13. The summed E-state index contributed by atoms with van der Waals surface area (Å²) in [7, 11) is 3.29.